The molecule has 1 aliphatic heterocycles. The number of H-pyrrole nitrogens is 1. The summed E-state index contributed by atoms with van der Waals surface area (Å²) in [6.07, 6.45) is -2.31. The number of nitrogens with zero attached hydrogens (tertiary/aromatic N) is 1. The van der Waals surface area contributed by atoms with Gasteiger partial charge >= 0.3 is 6.18 Å². The molecule has 2 N–H and O–H groups in total. The molecule has 0 aliphatic carbocycles. The summed E-state index contributed by atoms with van der Waals surface area (Å²) >= 11 is 0. The Kier molecular flexibility index (Phi) is 6.68. The molecule has 1 amide bonds. The Morgan fingerprint density at radius 1 is 1.33 bits per heavy atom. The van der Waals surface area contributed by atoms with Gasteiger partial charge in [0.15, 0.2) is 0 Å². The van der Waals surface area contributed by atoms with Gasteiger partial charge in [0.1, 0.15) is 5.69 Å². The highest BCUT2D eigenvalue weighted by Gasteiger charge is 2.33. The van der Waals surface area contributed by atoms with Gasteiger partial charge in [-0.15, -0.1) is 0 Å². The highest BCUT2D eigenvalue weighted by atomic mass is 32.2. The van der Waals surface area contributed by atoms with Crippen LogP contribution in [-0.4, -0.2) is 42.5 Å². The Hall–Kier alpha value is -1.88. The largest absolute Gasteiger partial charge is 0.417 e. The normalized spacial score (nSPS) is 17.0. The Morgan fingerprint density at radius 2 is 1.96 bits per heavy atom. The third-order valence-electron chi connectivity index (χ3n) is 4.46. The summed E-state index contributed by atoms with van der Waals surface area (Å²) < 4.78 is 63.9. The second-order valence-electron chi connectivity index (χ2n) is 6.46. The lowest BCUT2D eigenvalue weighted by molar-refractivity contribution is -0.137. The monoisotopic (exact) mass is 409 g/mol. The molecule has 2 rings (SSSR count). The van der Waals surface area contributed by atoms with Gasteiger partial charge in [0.25, 0.3) is 5.56 Å². The quantitative estimate of drug-likeness (QED) is 0.752. The van der Waals surface area contributed by atoms with E-state index in [0.717, 1.165) is 6.42 Å². The molecule has 11 heteroatoms. The number of rotatable bonds is 6. The van der Waals surface area contributed by atoms with Crippen molar-refractivity contribution < 1.29 is 26.4 Å². The van der Waals surface area contributed by atoms with Crippen molar-refractivity contribution >= 4 is 21.6 Å². The molecule has 0 aromatic carbocycles. The zero-order chi connectivity index (χ0) is 20.2. The van der Waals surface area contributed by atoms with E-state index >= 15 is 0 Å². The molecule has 27 heavy (non-hydrogen) atoms. The molecule has 0 spiro atoms. The van der Waals surface area contributed by atoms with Gasteiger partial charge in [-0.1, -0.05) is 13.3 Å². The van der Waals surface area contributed by atoms with Crippen LogP contribution in [0.15, 0.2) is 17.1 Å². The van der Waals surface area contributed by atoms with E-state index in [2.05, 4.69) is 5.32 Å². The van der Waals surface area contributed by atoms with Gasteiger partial charge in [0, 0.05) is 25.2 Å². The number of anilines is 1. The predicted molar refractivity (Wildman–Crippen MR) is 93.7 cm³/mol. The number of unbranched alkanes of at least 4 members (excludes halogenated alkanes) is 1. The first-order valence-electron chi connectivity index (χ1n) is 8.63. The third-order valence-corrected chi connectivity index (χ3v) is 6.42. The molecule has 0 atom stereocenters. The lowest BCUT2D eigenvalue weighted by Gasteiger charge is -2.30. The van der Waals surface area contributed by atoms with Crippen molar-refractivity contribution in [3.8, 4) is 0 Å². The predicted octanol–water partition coefficient (Wildman–Crippen LogP) is 2.17. The Labute approximate surface area is 155 Å². The zero-order valence-corrected chi connectivity index (χ0v) is 15.6. The Bertz CT molecular complexity index is 828. The van der Waals surface area contributed by atoms with Crippen molar-refractivity contribution in [2.75, 3.05) is 24.2 Å². The van der Waals surface area contributed by atoms with Crippen LogP contribution in [0.25, 0.3) is 0 Å². The lowest BCUT2D eigenvalue weighted by atomic mass is 9.97. The van der Waals surface area contributed by atoms with Crippen molar-refractivity contribution in [3.63, 3.8) is 0 Å². The summed E-state index contributed by atoms with van der Waals surface area (Å²) in [6, 6.07) is 0.584. The van der Waals surface area contributed by atoms with E-state index in [4.69, 9.17) is 0 Å². The summed E-state index contributed by atoms with van der Waals surface area (Å²) in [5.41, 5.74) is -2.39. The molecule has 7 nitrogen and oxygen atoms in total. The van der Waals surface area contributed by atoms with E-state index in [1.807, 2.05) is 11.9 Å². The van der Waals surface area contributed by atoms with Crippen molar-refractivity contribution in [1.82, 2.24) is 9.29 Å². The number of halogens is 3. The van der Waals surface area contributed by atoms with Gasteiger partial charge in [-0.25, -0.2) is 12.7 Å². The fourth-order valence-electron chi connectivity index (χ4n) is 2.83. The number of nitrogens with one attached hydrogen (secondary N) is 2. The number of hydrogen-bond donors (Lipinski definition) is 2. The number of carbonyl (C=O) groups is 1. The smallest absolute Gasteiger partial charge is 0.327 e. The average molecular weight is 409 g/mol. The van der Waals surface area contributed by atoms with Crippen LogP contribution in [0.3, 0.4) is 0 Å². The minimum absolute atomic E-state index is 0.0555. The fourth-order valence-corrected chi connectivity index (χ4v) is 4.51. The van der Waals surface area contributed by atoms with Gasteiger partial charge < -0.3 is 10.3 Å². The van der Waals surface area contributed by atoms with Gasteiger partial charge in [0.05, 0.1) is 11.3 Å². The summed E-state index contributed by atoms with van der Waals surface area (Å²) in [5.74, 6) is -1.11. The molecule has 0 bridgehead atoms. The zero-order valence-electron chi connectivity index (χ0n) is 14.8. The summed E-state index contributed by atoms with van der Waals surface area (Å²) in [7, 11) is -3.36. The number of sulfonamides is 1. The topological polar surface area (TPSA) is 99.3 Å². The molecule has 2 heterocycles. The summed E-state index contributed by atoms with van der Waals surface area (Å²) in [5, 5.41) is 2.23. The fraction of sp³-hybridized carbons (Fsp3) is 0.625. The van der Waals surface area contributed by atoms with Gasteiger partial charge in [0.2, 0.25) is 15.9 Å². The van der Waals surface area contributed by atoms with Crippen molar-refractivity contribution in [2.45, 2.75) is 38.8 Å². The van der Waals surface area contributed by atoms with E-state index < -0.39 is 44.8 Å². The number of aromatic nitrogens is 1. The van der Waals surface area contributed by atoms with Gasteiger partial charge in [-0.05, 0) is 25.3 Å². The maximum atomic E-state index is 12.7. The first-order chi connectivity index (χ1) is 12.5. The average Bonchev–Trinajstić information content (AvgIpc) is 2.61. The van der Waals surface area contributed by atoms with Crippen molar-refractivity contribution in [3.05, 3.63) is 28.2 Å². The number of carbonyl (C=O) groups excluding carboxylic acids is 1. The second kappa shape index (κ2) is 8.42. The molecule has 1 aromatic rings. The number of aromatic amines is 1. The number of piperidine rings is 1. The van der Waals surface area contributed by atoms with E-state index in [0.29, 0.717) is 18.7 Å². The molecular formula is C16H22F3N3O4S. The van der Waals surface area contributed by atoms with Crippen molar-refractivity contribution in [2.24, 2.45) is 5.92 Å². The van der Waals surface area contributed by atoms with Crippen LogP contribution in [0.5, 0.6) is 0 Å². The molecule has 1 saturated heterocycles. The standard InChI is InChI=1S/C16H22F3N3O4S/c1-2-3-8-27(25,26)22-6-4-11(5-7-22)14(23)21-13-9-12(16(17,18)19)10-20-15(13)24/h9-11H,2-8H2,1H3,(H,20,24)(H,21,23). The highest BCUT2D eigenvalue weighted by Crippen LogP contribution is 2.29. The van der Waals surface area contributed by atoms with Crippen LogP contribution in [0, 0.1) is 5.92 Å². The lowest BCUT2D eigenvalue weighted by Crippen LogP contribution is -2.42. The minimum atomic E-state index is -4.65. The second-order valence-corrected chi connectivity index (χ2v) is 8.55. The minimum Gasteiger partial charge on any atom is -0.327 e. The summed E-state index contributed by atoms with van der Waals surface area (Å²) in [6.45, 7) is 2.23. The molecule has 0 unspecified atom stereocenters. The van der Waals surface area contributed by atoms with Crippen molar-refractivity contribution in [1.29, 1.82) is 0 Å². The highest BCUT2D eigenvalue weighted by molar-refractivity contribution is 7.89. The Morgan fingerprint density at radius 3 is 2.52 bits per heavy atom. The maximum Gasteiger partial charge on any atom is 0.417 e. The van der Waals surface area contributed by atoms with E-state index in [1.165, 1.54) is 4.31 Å². The SMILES string of the molecule is CCCCS(=O)(=O)N1CCC(C(=O)Nc2cc(C(F)(F)F)c[nH]c2=O)CC1. The molecule has 0 saturated carbocycles. The van der Waals surface area contributed by atoms with Crippen LogP contribution < -0.4 is 10.9 Å². The van der Waals surface area contributed by atoms with Crippen LogP contribution in [0.4, 0.5) is 18.9 Å². The molecule has 1 fully saturated rings. The molecular weight excluding hydrogens is 387 g/mol. The van der Waals surface area contributed by atoms with Crippen LogP contribution in [-0.2, 0) is 21.0 Å². The third kappa shape index (κ3) is 5.55. The first kappa shape index (κ1) is 21.4. The molecule has 0 radical (unpaired) electrons. The number of hydrogen-bond acceptors (Lipinski definition) is 4. The maximum absolute atomic E-state index is 12.7. The van der Waals surface area contributed by atoms with E-state index in [-0.39, 0.29) is 31.7 Å². The number of amides is 1. The molecule has 152 valence electrons. The van der Waals surface area contributed by atoms with Gasteiger partial charge in [-0.2, -0.15) is 13.2 Å². The van der Waals surface area contributed by atoms with Crippen LogP contribution in [0.2, 0.25) is 0 Å². The van der Waals surface area contributed by atoms with Crippen LogP contribution >= 0.6 is 0 Å². The number of alkyl halides is 3. The van der Waals surface area contributed by atoms with Gasteiger partial charge in [-0.3, -0.25) is 9.59 Å². The molecule has 1 aromatic heterocycles. The first-order valence-corrected chi connectivity index (χ1v) is 10.2. The summed E-state index contributed by atoms with van der Waals surface area (Å²) in [4.78, 5) is 25.9. The van der Waals surface area contributed by atoms with Crippen LogP contribution in [0.1, 0.15) is 38.2 Å². The number of pyridine rings is 1. The van der Waals surface area contributed by atoms with E-state index in [9.17, 15) is 31.2 Å². The molecule has 1 aliphatic rings. The Balaban J connectivity index is 2.00. The van der Waals surface area contributed by atoms with E-state index in [1.54, 1.807) is 0 Å².